The topological polar surface area (TPSA) is 62.7 Å². The highest BCUT2D eigenvalue weighted by molar-refractivity contribution is 7.13. The van der Waals surface area contributed by atoms with Crippen LogP contribution in [-0.2, 0) is 0 Å². The molecule has 0 bridgehead atoms. The molecule has 1 amide bonds. The Morgan fingerprint density at radius 2 is 2.10 bits per heavy atom. The Bertz CT molecular complexity index is 610. The summed E-state index contributed by atoms with van der Waals surface area (Å²) in [5.74, 6) is 0.593. The van der Waals surface area contributed by atoms with Gasteiger partial charge in [0.15, 0.2) is 0 Å². The highest BCUT2D eigenvalue weighted by atomic mass is 32.1. The van der Waals surface area contributed by atoms with Gasteiger partial charge in [-0.05, 0) is 31.2 Å². The van der Waals surface area contributed by atoms with Gasteiger partial charge in [0, 0.05) is 18.0 Å². The zero-order chi connectivity index (χ0) is 15.4. The number of aromatic nitrogens is 1. The van der Waals surface area contributed by atoms with Crippen LogP contribution in [0, 0.1) is 0 Å². The van der Waals surface area contributed by atoms with Crippen LogP contribution in [0.15, 0.2) is 29.6 Å². The molecule has 1 aromatic carbocycles. The number of aliphatic hydroxyl groups excluding tert-OH is 1. The highest BCUT2D eigenvalue weighted by Gasteiger charge is 2.19. The Labute approximate surface area is 127 Å². The maximum atomic E-state index is 12.2. The molecule has 1 heterocycles. The molecule has 0 saturated heterocycles. The van der Waals surface area contributed by atoms with Gasteiger partial charge in [-0.3, -0.25) is 4.79 Å². The van der Waals surface area contributed by atoms with E-state index >= 15 is 0 Å². The molecule has 0 aliphatic heterocycles. The molecule has 1 unspecified atom stereocenters. The number of rotatable bonds is 5. The normalized spacial score (nSPS) is 12.0. The van der Waals surface area contributed by atoms with Crippen LogP contribution in [-0.4, -0.2) is 47.7 Å². The SMILES string of the molecule is COc1ccc(-c2nc(C(=O)N(C)C(C)CO)cs2)cc1. The van der Waals surface area contributed by atoms with Crippen molar-refractivity contribution >= 4 is 17.2 Å². The van der Waals surface area contributed by atoms with Crippen LogP contribution in [0.2, 0.25) is 0 Å². The Hall–Kier alpha value is -1.92. The molecule has 6 heteroatoms. The fourth-order valence-electron chi connectivity index (χ4n) is 1.74. The fourth-order valence-corrected chi connectivity index (χ4v) is 2.54. The molecule has 112 valence electrons. The predicted molar refractivity (Wildman–Crippen MR) is 82.7 cm³/mol. The summed E-state index contributed by atoms with van der Waals surface area (Å²) in [6.07, 6.45) is 0. The van der Waals surface area contributed by atoms with Gasteiger partial charge in [0.2, 0.25) is 0 Å². The molecule has 0 aliphatic rings. The number of benzene rings is 1. The average Bonchev–Trinajstić information content (AvgIpc) is 3.02. The molecule has 1 N–H and O–H groups in total. The van der Waals surface area contributed by atoms with E-state index in [-0.39, 0.29) is 18.6 Å². The van der Waals surface area contributed by atoms with Gasteiger partial charge in [-0.2, -0.15) is 0 Å². The number of nitrogens with zero attached hydrogens (tertiary/aromatic N) is 2. The van der Waals surface area contributed by atoms with Gasteiger partial charge >= 0.3 is 0 Å². The summed E-state index contributed by atoms with van der Waals surface area (Å²) in [5, 5.41) is 11.6. The lowest BCUT2D eigenvalue weighted by Crippen LogP contribution is -2.37. The van der Waals surface area contributed by atoms with E-state index in [1.165, 1.54) is 16.2 Å². The summed E-state index contributed by atoms with van der Waals surface area (Å²) in [7, 11) is 3.28. The molecular formula is C15H18N2O3S. The third-order valence-electron chi connectivity index (χ3n) is 3.31. The zero-order valence-electron chi connectivity index (χ0n) is 12.2. The van der Waals surface area contributed by atoms with Gasteiger partial charge in [-0.1, -0.05) is 0 Å². The number of likely N-dealkylation sites (N-methyl/N-ethyl adjacent to an activating group) is 1. The van der Waals surface area contributed by atoms with E-state index in [9.17, 15) is 4.79 Å². The van der Waals surface area contributed by atoms with Crippen molar-refractivity contribution in [2.45, 2.75) is 13.0 Å². The molecule has 2 rings (SSSR count). The molecule has 0 saturated carbocycles. The number of aliphatic hydroxyl groups is 1. The van der Waals surface area contributed by atoms with E-state index < -0.39 is 0 Å². The molecule has 21 heavy (non-hydrogen) atoms. The smallest absolute Gasteiger partial charge is 0.273 e. The highest BCUT2D eigenvalue weighted by Crippen LogP contribution is 2.26. The fraction of sp³-hybridized carbons (Fsp3) is 0.333. The molecule has 0 aliphatic carbocycles. The summed E-state index contributed by atoms with van der Waals surface area (Å²) in [6.45, 7) is 1.71. The summed E-state index contributed by atoms with van der Waals surface area (Å²) in [4.78, 5) is 18.1. The van der Waals surface area contributed by atoms with E-state index in [1.807, 2.05) is 24.3 Å². The first-order chi connectivity index (χ1) is 10.1. The molecule has 2 aromatic rings. The quantitative estimate of drug-likeness (QED) is 0.920. The van der Waals surface area contributed by atoms with Crippen LogP contribution in [0.25, 0.3) is 10.6 Å². The Kier molecular flexibility index (Phi) is 4.93. The standard InChI is InChI=1S/C15H18N2O3S/c1-10(8-18)17(2)15(19)13-9-21-14(16-13)11-4-6-12(20-3)7-5-11/h4-7,9-10,18H,8H2,1-3H3. The minimum atomic E-state index is -0.233. The molecule has 0 fully saturated rings. The first-order valence-corrected chi connectivity index (χ1v) is 7.42. The number of carbonyl (C=O) groups is 1. The largest absolute Gasteiger partial charge is 0.497 e. The van der Waals surface area contributed by atoms with E-state index in [4.69, 9.17) is 9.84 Å². The van der Waals surface area contributed by atoms with Crippen LogP contribution in [0.3, 0.4) is 0 Å². The number of methoxy groups -OCH3 is 1. The van der Waals surface area contributed by atoms with Gasteiger partial charge in [-0.25, -0.2) is 4.98 Å². The minimum Gasteiger partial charge on any atom is -0.497 e. The van der Waals surface area contributed by atoms with Crippen molar-refractivity contribution in [3.05, 3.63) is 35.3 Å². The summed E-state index contributed by atoms with van der Waals surface area (Å²) < 4.78 is 5.12. The molecule has 1 aromatic heterocycles. The van der Waals surface area contributed by atoms with E-state index in [0.29, 0.717) is 5.69 Å². The lowest BCUT2D eigenvalue weighted by Gasteiger charge is -2.21. The number of thiazole rings is 1. The van der Waals surface area contributed by atoms with Gasteiger partial charge in [-0.15, -0.1) is 11.3 Å². The number of carbonyl (C=O) groups excluding carboxylic acids is 1. The number of hydrogen-bond acceptors (Lipinski definition) is 5. The van der Waals surface area contributed by atoms with Crippen LogP contribution in [0.5, 0.6) is 5.75 Å². The predicted octanol–water partition coefficient (Wildman–Crippen LogP) is 2.27. The monoisotopic (exact) mass is 306 g/mol. The molecule has 0 spiro atoms. The van der Waals surface area contributed by atoms with Crippen molar-refractivity contribution in [2.75, 3.05) is 20.8 Å². The first kappa shape index (κ1) is 15.5. The third kappa shape index (κ3) is 3.40. The van der Waals surface area contributed by atoms with Crippen LogP contribution in [0.4, 0.5) is 0 Å². The Morgan fingerprint density at radius 1 is 1.43 bits per heavy atom. The van der Waals surface area contributed by atoms with Crippen molar-refractivity contribution in [2.24, 2.45) is 0 Å². The zero-order valence-corrected chi connectivity index (χ0v) is 13.1. The van der Waals surface area contributed by atoms with Crippen molar-refractivity contribution in [1.82, 2.24) is 9.88 Å². The third-order valence-corrected chi connectivity index (χ3v) is 4.20. The minimum absolute atomic E-state index is 0.0717. The lowest BCUT2D eigenvalue weighted by molar-refractivity contribution is 0.0677. The maximum absolute atomic E-state index is 12.2. The van der Waals surface area contributed by atoms with E-state index in [0.717, 1.165) is 16.3 Å². The van der Waals surface area contributed by atoms with Crippen molar-refractivity contribution in [1.29, 1.82) is 0 Å². The maximum Gasteiger partial charge on any atom is 0.273 e. The molecular weight excluding hydrogens is 288 g/mol. The first-order valence-electron chi connectivity index (χ1n) is 6.54. The molecule has 1 atom stereocenters. The van der Waals surface area contributed by atoms with Crippen LogP contribution in [0.1, 0.15) is 17.4 Å². The summed E-state index contributed by atoms with van der Waals surface area (Å²) in [6, 6.07) is 7.30. The van der Waals surface area contributed by atoms with Crippen LogP contribution >= 0.6 is 11.3 Å². The van der Waals surface area contributed by atoms with Crippen molar-refractivity contribution in [3.8, 4) is 16.3 Å². The Balaban J connectivity index is 2.19. The number of amides is 1. The number of hydrogen-bond donors (Lipinski definition) is 1. The van der Waals surface area contributed by atoms with Crippen molar-refractivity contribution in [3.63, 3.8) is 0 Å². The molecule has 0 radical (unpaired) electrons. The van der Waals surface area contributed by atoms with Gasteiger partial charge in [0.05, 0.1) is 19.8 Å². The summed E-state index contributed by atoms with van der Waals surface area (Å²) in [5.41, 5.74) is 1.34. The van der Waals surface area contributed by atoms with E-state index in [2.05, 4.69) is 4.98 Å². The van der Waals surface area contributed by atoms with Gasteiger partial charge in [0.1, 0.15) is 16.5 Å². The molecule has 5 nitrogen and oxygen atoms in total. The number of ether oxygens (including phenoxy) is 1. The summed E-state index contributed by atoms with van der Waals surface area (Å²) >= 11 is 1.42. The van der Waals surface area contributed by atoms with Crippen molar-refractivity contribution < 1.29 is 14.6 Å². The van der Waals surface area contributed by atoms with Gasteiger partial charge in [0.25, 0.3) is 5.91 Å². The van der Waals surface area contributed by atoms with Gasteiger partial charge < -0.3 is 14.7 Å². The second-order valence-corrected chi connectivity index (χ2v) is 5.57. The lowest BCUT2D eigenvalue weighted by atomic mass is 10.2. The second-order valence-electron chi connectivity index (χ2n) is 4.71. The Morgan fingerprint density at radius 3 is 2.67 bits per heavy atom. The second kappa shape index (κ2) is 6.69. The average molecular weight is 306 g/mol. The van der Waals surface area contributed by atoms with E-state index in [1.54, 1.807) is 26.5 Å². The van der Waals surface area contributed by atoms with Crippen LogP contribution < -0.4 is 4.74 Å².